The minimum absolute atomic E-state index is 0.0883. The van der Waals surface area contributed by atoms with Gasteiger partial charge in [0.1, 0.15) is 5.75 Å². The number of sulfonamides is 1. The van der Waals surface area contributed by atoms with Gasteiger partial charge in [-0.2, -0.15) is 0 Å². The number of nitrogens with zero attached hydrogens (tertiary/aromatic N) is 1. The van der Waals surface area contributed by atoms with Crippen molar-refractivity contribution < 1.29 is 17.9 Å². The fraction of sp³-hybridized carbons (Fsp3) is 0.381. The van der Waals surface area contributed by atoms with E-state index in [0.29, 0.717) is 29.4 Å². The summed E-state index contributed by atoms with van der Waals surface area (Å²) in [5, 5.41) is 3.59. The molecule has 0 atom stereocenters. The van der Waals surface area contributed by atoms with Gasteiger partial charge in [-0.05, 0) is 49.1 Å². The average molecular weight is 439 g/mol. The molecule has 0 aliphatic carbocycles. The van der Waals surface area contributed by atoms with Gasteiger partial charge in [0, 0.05) is 24.5 Å². The summed E-state index contributed by atoms with van der Waals surface area (Å²) in [5.41, 5.74) is 1.64. The number of hydrogen-bond acceptors (Lipinski definition) is 4. The predicted molar refractivity (Wildman–Crippen MR) is 117 cm³/mol. The highest BCUT2D eigenvalue weighted by Crippen LogP contribution is 2.29. The number of aryl methyl sites for hydroxylation is 1. The van der Waals surface area contributed by atoms with Crippen LogP contribution >= 0.6 is 11.6 Å². The van der Waals surface area contributed by atoms with Crippen LogP contribution < -0.4 is 14.4 Å². The molecule has 6 nitrogen and oxygen atoms in total. The number of halogens is 1. The van der Waals surface area contributed by atoms with E-state index in [2.05, 4.69) is 5.32 Å². The Balaban J connectivity index is 1.78. The smallest absolute Gasteiger partial charge is 0.232 e. The van der Waals surface area contributed by atoms with Gasteiger partial charge in [0.25, 0.3) is 0 Å². The summed E-state index contributed by atoms with van der Waals surface area (Å²) in [7, 11) is -1.99. The molecular formula is C21H27ClN2O4S. The Morgan fingerprint density at radius 3 is 2.45 bits per heavy atom. The van der Waals surface area contributed by atoms with Crippen LogP contribution in [0.1, 0.15) is 24.8 Å². The molecule has 2 rings (SSSR count). The molecule has 0 saturated carbocycles. The third-order valence-corrected chi connectivity index (χ3v) is 5.83. The minimum atomic E-state index is -3.49. The maximum atomic E-state index is 12.2. The van der Waals surface area contributed by atoms with Crippen LogP contribution in [0.25, 0.3) is 0 Å². The Kier molecular flexibility index (Phi) is 8.79. The van der Waals surface area contributed by atoms with Crippen molar-refractivity contribution in [3.8, 4) is 5.75 Å². The first-order chi connectivity index (χ1) is 13.8. The lowest BCUT2D eigenvalue weighted by Gasteiger charge is -2.24. The van der Waals surface area contributed by atoms with E-state index in [-0.39, 0.29) is 18.9 Å². The Morgan fingerprint density at radius 1 is 1.10 bits per heavy atom. The van der Waals surface area contributed by atoms with Crippen LogP contribution in [0.3, 0.4) is 0 Å². The zero-order valence-corrected chi connectivity index (χ0v) is 18.3. The third kappa shape index (κ3) is 7.59. The van der Waals surface area contributed by atoms with Crippen molar-refractivity contribution in [2.24, 2.45) is 0 Å². The van der Waals surface area contributed by atoms with Crippen molar-refractivity contribution in [2.45, 2.75) is 25.7 Å². The van der Waals surface area contributed by atoms with E-state index in [0.717, 1.165) is 19.1 Å². The second-order valence-corrected chi connectivity index (χ2v) is 9.03. The van der Waals surface area contributed by atoms with Crippen LogP contribution in [0.15, 0.2) is 48.5 Å². The zero-order chi connectivity index (χ0) is 21.3. The van der Waals surface area contributed by atoms with Crippen molar-refractivity contribution in [1.82, 2.24) is 5.32 Å². The normalized spacial score (nSPS) is 11.1. The number of methoxy groups -OCH3 is 1. The van der Waals surface area contributed by atoms with Crippen molar-refractivity contribution in [1.29, 1.82) is 0 Å². The second kappa shape index (κ2) is 11.1. The number of rotatable bonds is 11. The SMILES string of the molecule is COc1ccccc1N(CCCC(=O)NCCCc1ccc(Cl)cc1)S(C)(=O)=O. The highest BCUT2D eigenvalue weighted by molar-refractivity contribution is 7.92. The van der Waals surface area contributed by atoms with E-state index in [1.54, 1.807) is 24.3 Å². The topological polar surface area (TPSA) is 75.7 Å². The molecule has 29 heavy (non-hydrogen) atoms. The number of amides is 1. The second-order valence-electron chi connectivity index (χ2n) is 6.69. The van der Waals surface area contributed by atoms with Gasteiger partial charge in [-0.25, -0.2) is 8.42 Å². The monoisotopic (exact) mass is 438 g/mol. The molecule has 0 heterocycles. The maximum absolute atomic E-state index is 12.2. The Labute approximate surface area is 177 Å². The molecule has 0 unspecified atom stereocenters. The van der Waals surface area contributed by atoms with Crippen molar-refractivity contribution in [3.63, 3.8) is 0 Å². The van der Waals surface area contributed by atoms with Gasteiger partial charge >= 0.3 is 0 Å². The van der Waals surface area contributed by atoms with E-state index in [1.165, 1.54) is 17.0 Å². The molecule has 0 fully saturated rings. The molecule has 8 heteroatoms. The standard InChI is InChI=1S/C21H27ClN2O4S/c1-28-20-9-4-3-8-19(20)24(29(2,26)27)16-6-10-21(25)23-15-5-7-17-11-13-18(22)14-12-17/h3-4,8-9,11-14H,5-7,10,15-16H2,1-2H3,(H,23,25). The first-order valence-corrected chi connectivity index (χ1v) is 11.7. The number of anilines is 1. The Bertz CT molecular complexity index is 901. The molecule has 2 aromatic carbocycles. The van der Waals surface area contributed by atoms with Crippen molar-refractivity contribution in [3.05, 3.63) is 59.1 Å². The molecule has 0 radical (unpaired) electrons. The zero-order valence-electron chi connectivity index (χ0n) is 16.7. The van der Waals surface area contributed by atoms with Crippen molar-refractivity contribution >= 4 is 33.2 Å². The lowest BCUT2D eigenvalue weighted by molar-refractivity contribution is -0.121. The van der Waals surface area contributed by atoms with Crippen LogP contribution in [0.5, 0.6) is 5.75 Å². The molecule has 0 saturated heterocycles. The molecule has 2 aromatic rings. The van der Waals surface area contributed by atoms with Gasteiger partial charge < -0.3 is 10.1 Å². The maximum Gasteiger partial charge on any atom is 0.232 e. The lowest BCUT2D eigenvalue weighted by atomic mass is 10.1. The quantitative estimate of drug-likeness (QED) is 0.543. The van der Waals surface area contributed by atoms with E-state index in [4.69, 9.17) is 16.3 Å². The minimum Gasteiger partial charge on any atom is -0.495 e. The number of ether oxygens (including phenoxy) is 1. The van der Waals surface area contributed by atoms with Crippen LogP contribution in [0, 0.1) is 0 Å². The summed E-state index contributed by atoms with van der Waals surface area (Å²) in [6, 6.07) is 14.6. The largest absolute Gasteiger partial charge is 0.495 e. The van der Waals surface area contributed by atoms with E-state index < -0.39 is 10.0 Å². The summed E-state index contributed by atoms with van der Waals surface area (Å²) >= 11 is 5.86. The summed E-state index contributed by atoms with van der Waals surface area (Å²) in [6.07, 6.45) is 3.49. The van der Waals surface area contributed by atoms with Crippen LogP contribution in [-0.2, 0) is 21.2 Å². The lowest BCUT2D eigenvalue weighted by Crippen LogP contribution is -2.32. The summed E-state index contributed by atoms with van der Waals surface area (Å²) in [5.74, 6) is 0.388. The van der Waals surface area contributed by atoms with Gasteiger partial charge in [0.15, 0.2) is 0 Å². The molecule has 0 bridgehead atoms. The van der Waals surface area contributed by atoms with Gasteiger partial charge in [0.2, 0.25) is 15.9 Å². The molecular weight excluding hydrogens is 412 g/mol. The van der Waals surface area contributed by atoms with E-state index in [9.17, 15) is 13.2 Å². The Hall–Kier alpha value is -2.25. The highest BCUT2D eigenvalue weighted by atomic mass is 35.5. The molecule has 1 N–H and O–H groups in total. The predicted octanol–water partition coefficient (Wildman–Crippen LogP) is 3.64. The first kappa shape index (κ1) is 23.0. The van der Waals surface area contributed by atoms with E-state index >= 15 is 0 Å². The number of nitrogens with one attached hydrogen (secondary N) is 1. The molecule has 158 valence electrons. The van der Waals surface area contributed by atoms with Crippen LogP contribution in [0.2, 0.25) is 5.02 Å². The molecule has 0 aliphatic heterocycles. The Morgan fingerprint density at radius 2 is 1.79 bits per heavy atom. The van der Waals surface area contributed by atoms with Crippen LogP contribution in [0.4, 0.5) is 5.69 Å². The molecule has 0 aromatic heterocycles. The molecule has 1 amide bonds. The molecule has 0 aliphatic rings. The van der Waals surface area contributed by atoms with E-state index in [1.807, 2.05) is 24.3 Å². The number of hydrogen-bond donors (Lipinski definition) is 1. The first-order valence-electron chi connectivity index (χ1n) is 9.43. The van der Waals surface area contributed by atoms with Gasteiger partial charge in [0.05, 0.1) is 19.1 Å². The number of carbonyl (C=O) groups excluding carboxylic acids is 1. The van der Waals surface area contributed by atoms with Gasteiger partial charge in [-0.1, -0.05) is 35.9 Å². The van der Waals surface area contributed by atoms with Gasteiger partial charge in [-0.3, -0.25) is 9.10 Å². The molecule has 0 spiro atoms. The summed E-state index contributed by atoms with van der Waals surface area (Å²) in [4.78, 5) is 12.1. The number of para-hydroxylation sites is 2. The average Bonchev–Trinajstić information content (AvgIpc) is 2.69. The van der Waals surface area contributed by atoms with Crippen LogP contribution in [-0.4, -0.2) is 40.8 Å². The number of carbonyl (C=O) groups is 1. The third-order valence-electron chi connectivity index (χ3n) is 4.40. The fourth-order valence-electron chi connectivity index (χ4n) is 2.94. The highest BCUT2D eigenvalue weighted by Gasteiger charge is 2.20. The summed E-state index contributed by atoms with van der Waals surface area (Å²) in [6.45, 7) is 0.779. The van der Waals surface area contributed by atoms with Crippen molar-refractivity contribution in [2.75, 3.05) is 30.8 Å². The van der Waals surface area contributed by atoms with Gasteiger partial charge in [-0.15, -0.1) is 0 Å². The number of benzene rings is 2. The summed E-state index contributed by atoms with van der Waals surface area (Å²) < 4.78 is 30.9. The fourth-order valence-corrected chi connectivity index (χ4v) is 4.04.